The van der Waals surface area contributed by atoms with Crippen molar-refractivity contribution >= 4 is 34.5 Å². The largest absolute Gasteiger partial charge is 0.481 e. The fourth-order valence-electron chi connectivity index (χ4n) is 1.50. The van der Waals surface area contributed by atoms with Gasteiger partial charge in [0.1, 0.15) is 5.82 Å². The number of nitrogens with one attached hydrogen (secondary N) is 1. The second-order valence-corrected chi connectivity index (χ2v) is 5.42. The molecule has 0 radical (unpaired) electrons. The lowest BCUT2D eigenvalue weighted by molar-refractivity contribution is -0.141. The number of rotatable bonds is 6. The number of carboxylic acids is 1. The average Bonchev–Trinajstić information content (AvgIpc) is 2.33. The van der Waals surface area contributed by atoms with Crippen molar-refractivity contribution in [3.63, 3.8) is 0 Å². The van der Waals surface area contributed by atoms with Crippen LogP contribution in [-0.2, 0) is 4.79 Å². The Balaban J connectivity index is 2.41. The first-order valence-corrected chi connectivity index (χ1v) is 6.95. The molecule has 1 amide bonds. The van der Waals surface area contributed by atoms with Gasteiger partial charge in [-0.25, -0.2) is 4.39 Å². The van der Waals surface area contributed by atoms with E-state index in [4.69, 9.17) is 5.11 Å². The van der Waals surface area contributed by atoms with Crippen LogP contribution < -0.4 is 5.32 Å². The highest BCUT2D eigenvalue weighted by Crippen LogP contribution is 2.13. The SMILES string of the molecule is CC(CCCNC(=O)c1ccc(F)cc1I)C(=O)O. The monoisotopic (exact) mass is 379 g/mol. The van der Waals surface area contributed by atoms with Gasteiger partial charge in [-0.3, -0.25) is 9.59 Å². The van der Waals surface area contributed by atoms with Crippen molar-refractivity contribution < 1.29 is 19.1 Å². The van der Waals surface area contributed by atoms with E-state index in [1.54, 1.807) is 6.92 Å². The maximum atomic E-state index is 12.9. The molecule has 104 valence electrons. The van der Waals surface area contributed by atoms with Crippen LogP contribution in [0.2, 0.25) is 0 Å². The molecule has 0 aliphatic heterocycles. The number of halogens is 2. The summed E-state index contributed by atoms with van der Waals surface area (Å²) in [6.07, 6.45) is 1.10. The number of hydrogen-bond acceptors (Lipinski definition) is 2. The van der Waals surface area contributed by atoms with Crippen molar-refractivity contribution in [2.75, 3.05) is 6.54 Å². The van der Waals surface area contributed by atoms with E-state index >= 15 is 0 Å². The molecule has 6 heteroatoms. The zero-order valence-corrected chi connectivity index (χ0v) is 12.6. The van der Waals surface area contributed by atoms with Crippen molar-refractivity contribution in [3.8, 4) is 0 Å². The van der Waals surface area contributed by atoms with E-state index in [-0.39, 0.29) is 11.7 Å². The first kappa shape index (κ1) is 15.9. The Bertz CT molecular complexity index is 479. The van der Waals surface area contributed by atoms with E-state index in [0.29, 0.717) is 28.5 Å². The lowest BCUT2D eigenvalue weighted by Gasteiger charge is -2.08. The van der Waals surface area contributed by atoms with Crippen LogP contribution >= 0.6 is 22.6 Å². The van der Waals surface area contributed by atoms with Crippen LogP contribution in [-0.4, -0.2) is 23.5 Å². The number of benzene rings is 1. The minimum atomic E-state index is -0.834. The van der Waals surface area contributed by atoms with E-state index in [9.17, 15) is 14.0 Å². The standard InChI is InChI=1S/C13H15FINO3/c1-8(13(18)19)3-2-6-16-12(17)10-5-4-9(14)7-11(10)15/h4-5,7-8H,2-3,6H2,1H3,(H,16,17)(H,18,19). The number of carboxylic acid groups (broad SMARTS) is 1. The van der Waals surface area contributed by atoms with Crippen LogP contribution in [0.3, 0.4) is 0 Å². The summed E-state index contributed by atoms with van der Waals surface area (Å²) in [4.78, 5) is 22.4. The summed E-state index contributed by atoms with van der Waals surface area (Å²) in [7, 11) is 0. The maximum Gasteiger partial charge on any atom is 0.306 e. The fraction of sp³-hybridized carbons (Fsp3) is 0.385. The molecule has 4 nitrogen and oxygen atoms in total. The third kappa shape index (κ3) is 5.14. The Morgan fingerprint density at radius 3 is 2.74 bits per heavy atom. The van der Waals surface area contributed by atoms with Crippen molar-refractivity contribution in [1.82, 2.24) is 5.32 Å². The number of amides is 1. The average molecular weight is 379 g/mol. The van der Waals surface area contributed by atoms with E-state index in [1.165, 1.54) is 18.2 Å². The van der Waals surface area contributed by atoms with E-state index in [1.807, 2.05) is 22.6 Å². The zero-order chi connectivity index (χ0) is 14.4. The molecule has 0 heterocycles. The highest BCUT2D eigenvalue weighted by Gasteiger charge is 2.12. The smallest absolute Gasteiger partial charge is 0.306 e. The second-order valence-electron chi connectivity index (χ2n) is 4.26. The minimum absolute atomic E-state index is 0.271. The molecule has 0 bridgehead atoms. The summed E-state index contributed by atoms with van der Waals surface area (Å²) < 4.78 is 13.4. The van der Waals surface area contributed by atoms with Crippen molar-refractivity contribution in [2.45, 2.75) is 19.8 Å². The summed E-state index contributed by atoms with van der Waals surface area (Å²) in [6.45, 7) is 2.04. The van der Waals surface area contributed by atoms with Crippen molar-refractivity contribution in [3.05, 3.63) is 33.1 Å². The van der Waals surface area contributed by atoms with Gasteiger partial charge in [0.15, 0.2) is 0 Å². The second kappa shape index (κ2) is 7.42. The zero-order valence-electron chi connectivity index (χ0n) is 10.5. The molecule has 1 aromatic rings. The Kier molecular flexibility index (Phi) is 6.20. The van der Waals surface area contributed by atoms with Crippen LogP contribution in [0.15, 0.2) is 18.2 Å². The van der Waals surface area contributed by atoms with Gasteiger partial charge in [-0.2, -0.15) is 0 Å². The summed E-state index contributed by atoms with van der Waals surface area (Å²) in [5, 5.41) is 11.4. The lowest BCUT2D eigenvalue weighted by Crippen LogP contribution is -2.26. The van der Waals surface area contributed by atoms with Crippen LogP contribution in [0, 0.1) is 15.3 Å². The van der Waals surface area contributed by atoms with E-state index < -0.39 is 11.9 Å². The van der Waals surface area contributed by atoms with Crippen LogP contribution in [0.1, 0.15) is 30.1 Å². The molecule has 1 aromatic carbocycles. The topological polar surface area (TPSA) is 66.4 Å². The molecule has 0 aliphatic rings. The number of carbonyl (C=O) groups is 2. The van der Waals surface area contributed by atoms with Crippen LogP contribution in [0.4, 0.5) is 4.39 Å². The molecular formula is C13H15FINO3. The fourth-order valence-corrected chi connectivity index (χ4v) is 2.22. The summed E-state index contributed by atoms with van der Waals surface area (Å²) in [5.74, 6) is -1.90. The highest BCUT2D eigenvalue weighted by atomic mass is 127. The lowest BCUT2D eigenvalue weighted by atomic mass is 10.1. The molecule has 0 spiro atoms. The molecule has 0 fully saturated rings. The Hall–Kier alpha value is -1.18. The molecule has 0 saturated carbocycles. The molecule has 0 saturated heterocycles. The third-order valence-corrected chi connectivity index (χ3v) is 3.59. The number of hydrogen-bond donors (Lipinski definition) is 2. The molecule has 1 atom stereocenters. The Morgan fingerprint density at radius 1 is 1.47 bits per heavy atom. The normalized spacial score (nSPS) is 11.9. The van der Waals surface area contributed by atoms with Gasteiger partial charge in [-0.1, -0.05) is 6.92 Å². The molecule has 19 heavy (non-hydrogen) atoms. The summed E-state index contributed by atoms with van der Waals surface area (Å²) >= 11 is 1.90. The molecule has 0 aliphatic carbocycles. The van der Waals surface area contributed by atoms with Crippen molar-refractivity contribution in [2.24, 2.45) is 5.92 Å². The molecule has 1 unspecified atom stereocenters. The summed E-state index contributed by atoms with van der Waals surface area (Å²) in [6, 6.07) is 3.97. The Morgan fingerprint density at radius 2 is 2.16 bits per heavy atom. The van der Waals surface area contributed by atoms with E-state index in [2.05, 4.69) is 5.32 Å². The Labute approximate surface area is 124 Å². The highest BCUT2D eigenvalue weighted by molar-refractivity contribution is 14.1. The number of aliphatic carboxylic acids is 1. The van der Waals surface area contributed by atoms with Gasteiger partial charge < -0.3 is 10.4 Å². The quantitative estimate of drug-likeness (QED) is 0.590. The van der Waals surface area contributed by atoms with Gasteiger partial charge in [-0.15, -0.1) is 0 Å². The van der Waals surface area contributed by atoms with Crippen molar-refractivity contribution in [1.29, 1.82) is 0 Å². The number of carbonyl (C=O) groups excluding carboxylic acids is 1. The molecule has 0 aromatic heterocycles. The molecular weight excluding hydrogens is 364 g/mol. The van der Waals surface area contributed by atoms with Gasteiger partial charge in [0, 0.05) is 10.1 Å². The first-order valence-electron chi connectivity index (χ1n) is 5.88. The van der Waals surface area contributed by atoms with Gasteiger partial charge >= 0.3 is 5.97 Å². The van der Waals surface area contributed by atoms with Gasteiger partial charge in [0.2, 0.25) is 0 Å². The maximum absolute atomic E-state index is 12.9. The predicted octanol–water partition coefficient (Wildman–Crippen LogP) is 2.66. The molecule has 2 N–H and O–H groups in total. The van der Waals surface area contributed by atoms with Gasteiger partial charge in [0.05, 0.1) is 11.5 Å². The van der Waals surface area contributed by atoms with Gasteiger partial charge in [-0.05, 0) is 53.6 Å². The van der Waals surface area contributed by atoms with Gasteiger partial charge in [0.25, 0.3) is 5.91 Å². The minimum Gasteiger partial charge on any atom is -0.481 e. The van der Waals surface area contributed by atoms with Crippen LogP contribution in [0.5, 0.6) is 0 Å². The third-order valence-electron chi connectivity index (χ3n) is 2.70. The first-order chi connectivity index (χ1) is 8.91. The summed E-state index contributed by atoms with van der Waals surface area (Å²) in [5.41, 5.74) is 0.424. The molecule has 1 rings (SSSR count). The predicted molar refractivity (Wildman–Crippen MR) is 77.5 cm³/mol. The van der Waals surface area contributed by atoms with E-state index in [0.717, 1.165) is 0 Å². The van der Waals surface area contributed by atoms with Crippen LogP contribution in [0.25, 0.3) is 0 Å².